The lowest BCUT2D eigenvalue weighted by Crippen LogP contribution is -2.25. The lowest BCUT2D eigenvalue weighted by atomic mass is 9.88. The maximum absolute atomic E-state index is 13.5. The van der Waals surface area contributed by atoms with Crippen LogP contribution in [0.2, 0.25) is 5.15 Å². The highest BCUT2D eigenvalue weighted by atomic mass is 35.5. The van der Waals surface area contributed by atoms with Crippen LogP contribution in [0.4, 0.5) is 18.9 Å². The van der Waals surface area contributed by atoms with Crippen molar-refractivity contribution in [1.82, 2.24) is 24.9 Å². The van der Waals surface area contributed by atoms with E-state index in [2.05, 4.69) is 25.7 Å². The smallest absolute Gasteiger partial charge is 0.354 e. The lowest BCUT2D eigenvalue weighted by molar-refractivity contribution is -0.138. The van der Waals surface area contributed by atoms with E-state index in [0.717, 1.165) is 11.9 Å². The van der Waals surface area contributed by atoms with Crippen LogP contribution >= 0.6 is 11.6 Å². The third-order valence-corrected chi connectivity index (χ3v) is 5.62. The minimum atomic E-state index is -4.83. The highest BCUT2D eigenvalue weighted by molar-refractivity contribution is 6.29. The lowest BCUT2D eigenvalue weighted by Gasteiger charge is -2.19. The molecule has 3 aromatic heterocycles. The summed E-state index contributed by atoms with van der Waals surface area (Å²) in [4.78, 5) is 32.7. The molecule has 32 heavy (non-hydrogen) atoms. The van der Waals surface area contributed by atoms with Crippen molar-refractivity contribution < 1.29 is 22.8 Å². The van der Waals surface area contributed by atoms with Crippen LogP contribution in [0, 0.1) is 0 Å². The second-order valence-electron chi connectivity index (χ2n) is 8.13. The molecule has 2 amide bonds. The standard InChI is InChI=1S/C20H18ClF3N6O2/c1-19(2)6-10(11-8-26-14-5-13(21)29-30(14)16(11)19)17(31)28-9-4-12(20(22,23)24)15(27-7-9)18(32)25-3/h4-5,7-8,10H,6H2,1-3H3,(H,25,32)(H,28,31)/t10-/m1/s1. The van der Waals surface area contributed by atoms with E-state index < -0.39 is 40.6 Å². The number of amides is 2. The number of anilines is 1. The highest BCUT2D eigenvalue weighted by Crippen LogP contribution is 2.46. The third kappa shape index (κ3) is 3.66. The molecule has 0 spiro atoms. The second-order valence-corrected chi connectivity index (χ2v) is 8.51. The molecular formula is C20H18ClF3N6O2. The number of nitrogens with zero attached hydrogens (tertiary/aromatic N) is 4. The zero-order valence-corrected chi connectivity index (χ0v) is 18.0. The van der Waals surface area contributed by atoms with Gasteiger partial charge in [-0.1, -0.05) is 25.4 Å². The van der Waals surface area contributed by atoms with Gasteiger partial charge in [-0.15, -0.1) is 0 Å². The molecule has 168 valence electrons. The fraction of sp³-hybridized carbons (Fsp3) is 0.350. The molecule has 1 aliphatic rings. The van der Waals surface area contributed by atoms with Crippen molar-refractivity contribution >= 4 is 34.7 Å². The van der Waals surface area contributed by atoms with Gasteiger partial charge in [0.05, 0.1) is 29.1 Å². The number of fused-ring (bicyclic) bond motifs is 3. The van der Waals surface area contributed by atoms with Crippen molar-refractivity contribution in [2.45, 2.75) is 37.8 Å². The summed E-state index contributed by atoms with van der Waals surface area (Å²) in [7, 11) is 1.21. The first kappa shape index (κ1) is 22.0. The Hall–Kier alpha value is -3.21. The van der Waals surface area contributed by atoms with Crippen LogP contribution in [0.15, 0.2) is 24.5 Å². The van der Waals surface area contributed by atoms with Gasteiger partial charge in [-0.05, 0) is 12.5 Å². The minimum Gasteiger partial charge on any atom is -0.354 e. The van der Waals surface area contributed by atoms with Crippen LogP contribution < -0.4 is 10.6 Å². The van der Waals surface area contributed by atoms with Gasteiger partial charge in [-0.3, -0.25) is 9.59 Å². The quantitative estimate of drug-likeness (QED) is 0.614. The highest BCUT2D eigenvalue weighted by Gasteiger charge is 2.43. The van der Waals surface area contributed by atoms with E-state index in [9.17, 15) is 22.8 Å². The number of hydrogen-bond acceptors (Lipinski definition) is 5. The molecule has 0 aromatic carbocycles. The summed E-state index contributed by atoms with van der Waals surface area (Å²) >= 11 is 6.00. The Morgan fingerprint density at radius 3 is 2.59 bits per heavy atom. The Balaban J connectivity index is 1.69. The Morgan fingerprint density at radius 1 is 1.22 bits per heavy atom. The van der Waals surface area contributed by atoms with Gasteiger partial charge in [0, 0.05) is 30.3 Å². The van der Waals surface area contributed by atoms with Gasteiger partial charge in [-0.25, -0.2) is 14.5 Å². The van der Waals surface area contributed by atoms with Crippen LogP contribution in [0.1, 0.15) is 53.5 Å². The van der Waals surface area contributed by atoms with Crippen molar-refractivity contribution in [1.29, 1.82) is 0 Å². The van der Waals surface area contributed by atoms with Crippen LogP contribution in [0.25, 0.3) is 5.65 Å². The first-order valence-corrected chi connectivity index (χ1v) is 9.95. The van der Waals surface area contributed by atoms with Gasteiger partial charge < -0.3 is 10.6 Å². The maximum Gasteiger partial charge on any atom is 0.418 e. The molecular weight excluding hydrogens is 449 g/mol. The van der Waals surface area contributed by atoms with E-state index in [4.69, 9.17) is 11.6 Å². The van der Waals surface area contributed by atoms with Crippen LogP contribution in [0.3, 0.4) is 0 Å². The van der Waals surface area contributed by atoms with E-state index in [0.29, 0.717) is 23.7 Å². The largest absolute Gasteiger partial charge is 0.418 e. The number of carbonyl (C=O) groups excluding carboxylic acids is 2. The summed E-state index contributed by atoms with van der Waals surface area (Å²) in [6.07, 6.45) is -1.85. The molecule has 0 saturated carbocycles. The van der Waals surface area contributed by atoms with Crippen molar-refractivity contribution in [2.75, 3.05) is 12.4 Å². The molecule has 0 aliphatic heterocycles. The van der Waals surface area contributed by atoms with E-state index >= 15 is 0 Å². The Kier molecular flexibility index (Phi) is 5.11. The van der Waals surface area contributed by atoms with Gasteiger partial charge in [0.15, 0.2) is 10.8 Å². The molecule has 0 fully saturated rings. The van der Waals surface area contributed by atoms with Crippen LogP contribution in [0.5, 0.6) is 0 Å². The zero-order valence-electron chi connectivity index (χ0n) is 17.2. The number of alkyl halides is 3. The third-order valence-electron chi connectivity index (χ3n) is 5.43. The molecule has 0 radical (unpaired) electrons. The van der Waals surface area contributed by atoms with Gasteiger partial charge in [0.2, 0.25) is 5.91 Å². The molecule has 0 bridgehead atoms. The molecule has 3 aromatic rings. The molecule has 12 heteroatoms. The molecule has 3 heterocycles. The number of hydrogen-bond donors (Lipinski definition) is 2. The molecule has 1 aliphatic carbocycles. The topological polar surface area (TPSA) is 101 Å². The predicted molar refractivity (Wildman–Crippen MR) is 110 cm³/mol. The normalized spacial score (nSPS) is 17.3. The molecule has 8 nitrogen and oxygen atoms in total. The molecule has 1 atom stereocenters. The van der Waals surface area contributed by atoms with Crippen molar-refractivity contribution in [3.63, 3.8) is 0 Å². The first-order chi connectivity index (χ1) is 14.9. The van der Waals surface area contributed by atoms with E-state index in [1.807, 2.05) is 13.8 Å². The van der Waals surface area contributed by atoms with E-state index in [1.54, 1.807) is 16.8 Å². The summed E-state index contributed by atoms with van der Waals surface area (Å²) in [5, 5.41) is 9.12. The number of pyridine rings is 1. The fourth-order valence-corrected chi connectivity index (χ4v) is 4.25. The average Bonchev–Trinajstić information content (AvgIpc) is 3.22. The number of halogens is 4. The molecule has 0 saturated heterocycles. The Bertz CT molecular complexity index is 1250. The van der Waals surface area contributed by atoms with Crippen LogP contribution in [-0.2, 0) is 16.4 Å². The Labute approximate surface area is 185 Å². The van der Waals surface area contributed by atoms with Crippen LogP contribution in [-0.4, -0.2) is 38.4 Å². The van der Waals surface area contributed by atoms with Gasteiger partial charge in [-0.2, -0.15) is 18.3 Å². The van der Waals surface area contributed by atoms with Gasteiger partial charge in [0.1, 0.15) is 5.69 Å². The van der Waals surface area contributed by atoms with E-state index in [1.165, 1.54) is 7.05 Å². The summed E-state index contributed by atoms with van der Waals surface area (Å²) in [5.41, 5.74) is -0.732. The molecule has 0 unspecified atom stereocenters. The predicted octanol–water partition coefficient (Wildman–Crippen LogP) is 3.56. The number of rotatable bonds is 3. The Morgan fingerprint density at radius 2 is 1.94 bits per heavy atom. The summed E-state index contributed by atoms with van der Waals surface area (Å²) in [5.74, 6) is -2.17. The van der Waals surface area contributed by atoms with Gasteiger partial charge >= 0.3 is 6.18 Å². The number of aromatic nitrogens is 4. The first-order valence-electron chi connectivity index (χ1n) is 9.57. The second kappa shape index (κ2) is 7.44. The molecule has 2 N–H and O–H groups in total. The number of carbonyl (C=O) groups is 2. The van der Waals surface area contributed by atoms with E-state index in [-0.39, 0.29) is 10.8 Å². The van der Waals surface area contributed by atoms with Crippen molar-refractivity contribution in [2.24, 2.45) is 0 Å². The zero-order chi connectivity index (χ0) is 23.4. The van der Waals surface area contributed by atoms with Crippen molar-refractivity contribution in [3.05, 3.63) is 52.2 Å². The SMILES string of the molecule is CNC(=O)c1ncc(NC(=O)[C@@H]2CC(C)(C)c3c2cnc2cc(Cl)nn32)cc1C(F)(F)F. The average molecular weight is 467 g/mol. The van der Waals surface area contributed by atoms with Crippen molar-refractivity contribution in [3.8, 4) is 0 Å². The summed E-state index contributed by atoms with van der Waals surface area (Å²) < 4.78 is 41.9. The fourth-order valence-electron chi connectivity index (χ4n) is 4.08. The monoisotopic (exact) mass is 466 g/mol. The molecule has 4 rings (SSSR count). The minimum absolute atomic E-state index is 0.169. The van der Waals surface area contributed by atoms with Gasteiger partial charge in [0.25, 0.3) is 5.91 Å². The summed E-state index contributed by atoms with van der Waals surface area (Å²) in [6.45, 7) is 3.88. The maximum atomic E-state index is 13.5. The number of nitrogens with one attached hydrogen (secondary N) is 2. The summed E-state index contributed by atoms with van der Waals surface area (Å²) in [6, 6.07) is 2.30.